The molecule has 1 spiro atoms. The van der Waals surface area contributed by atoms with Crippen molar-refractivity contribution in [3.8, 4) is 0 Å². The summed E-state index contributed by atoms with van der Waals surface area (Å²) < 4.78 is 26.3. The number of sulfonamides is 1. The minimum atomic E-state index is -4.13. The van der Waals surface area contributed by atoms with E-state index in [-0.39, 0.29) is 4.90 Å². The Kier molecular flexibility index (Phi) is 4.85. The molecule has 0 bridgehead atoms. The van der Waals surface area contributed by atoms with Crippen LogP contribution in [-0.4, -0.2) is 36.9 Å². The molecule has 9 nitrogen and oxygen atoms in total. The highest BCUT2D eigenvalue weighted by molar-refractivity contribution is 7.90. The molecule has 1 aliphatic carbocycles. The van der Waals surface area contributed by atoms with E-state index >= 15 is 0 Å². The summed E-state index contributed by atoms with van der Waals surface area (Å²) in [4.78, 5) is 36.8. The van der Waals surface area contributed by atoms with Gasteiger partial charge in [-0.1, -0.05) is 24.6 Å². The normalized spacial score (nSPS) is 25.4. The van der Waals surface area contributed by atoms with Crippen LogP contribution in [0.2, 0.25) is 0 Å². The molecule has 1 aliphatic heterocycles. The molecule has 10 heteroatoms. The van der Waals surface area contributed by atoms with Gasteiger partial charge in [0, 0.05) is 0 Å². The van der Waals surface area contributed by atoms with Gasteiger partial charge in [-0.05, 0) is 50.7 Å². The van der Waals surface area contributed by atoms with Gasteiger partial charge in [-0.25, -0.2) is 28.2 Å². The number of aryl methyl sites for hydroxylation is 1. The van der Waals surface area contributed by atoms with Crippen LogP contribution in [0.1, 0.15) is 38.2 Å². The van der Waals surface area contributed by atoms with E-state index in [2.05, 4.69) is 12.2 Å². The number of hydrogen-bond acceptors (Lipinski definition) is 5. The van der Waals surface area contributed by atoms with Gasteiger partial charge in [-0.3, -0.25) is 4.79 Å². The SMILES string of the molecule is Cc1ccc(S(=O)(=O)NC(=O)NN2C(=O)NC3(CCC(C)CC3)C2=O)cc1. The maximum atomic E-state index is 12.7. The minimum absolute atomic E-state index is 0.0989. The van der Waals surface area contributed by atoms with Gasteiger partial charge in [0.2, 0.25) is 0 Å². The number of hydrogen-bond donors (Lipinski definition) is 3. The second kappa shape index (κ2) is 6.84. The number of nitrogens with zero attached hydrogens (tertiary/aromatic N) is 1. The van der Waals surface area contributed by atoms with Crippen LogP contribution in [0.5, 0.6) is 0 Å². The van der Waals surface area contributed by atoms with Crippen molar-refractivity contribution in [1.82, 2.24) is 20.5 Å². The van der Waals surface area contributed by atoms with Crippen molar-refractivity contribution >= 4 is 28.0 Å². The van der Waals surface area contributed by atoms with E-state index in [1.807, 2.05) is 5.43 Å². The molecule has 2 aliphatic rings. The number of imide groups is 1. The number of benzene rings is 1. The van der Waals surface area contributed by atoms with E-state index in [1.54, 1.807) is 23.8 Å². The zero-order chi connectivity index (χ0) is 19.8. The molecule has 1 aromatic carbocycles. The van der Waals surface area contributed by atoms with Crippen molar-refractivity contribution in [1.29, 1.82) is 0 Å². The lowest BCUT2D eigenvalue weighted by atomic mass is 9.77. The second-order valence-corrected chi connectivity index (χ2v) is 8.88. The molecule has 2 fully saturated rings. The highest BCUT2D eigenvalue weighted by atomic mass is 32.2. The first-order valence-electron chi connectivity index (χ1n) is 8.70. The van der Waals surface area contributed by atoms with Crippen LogP contribution in [0.25, 0.3) is 0 Å². The Morgan fingerprint density at radius 1 is 1.19 bits per heavy atom. The molecule has 3 N–H and O–H groups in total. The summed E-state index contributed by atoms with van der Waals surface area (Å²) in [5.41, 5.74) is 1.89. The lowest BCUT2D eigenvalue weighted by Crippen LogP contribution is -2.53. The fourth-order valence-corrected chi connectivity index (χ4v) is 4.24. The van der Waals surface area contributed by atoms with Crippen LogP contribution >= 0.6 is 0 Å². The number of urea groups is 2. The third-order valence-electron chi connectivity index (χ3n) is 5.06. The number of rotatable bonds is 3. The molecule has 0 unspecified atom stereocenters. The van der Waals surface area contributed by atoms with Crippen LogP contribution in [-0.2, 0) is 14.8 Å². The fourth-order valence-electron chi connectivity index (χ4n) is 3.34. The van der Waals surface area contributed by atoms with Gasteiger partial charge >= 0.3 is 12.1 Å². The summed E-state index contributed by atoms with van der Waals surface area (Å²) in [5, 5.41) is 3.19. The van der Waals surface area contributed by atoms with E-state index < -0.39 is 33.5 Å². The van der Waals surface area contributed by atoms with Gasteiger partial charge in [0.25, 0.3) is 15.9 Å². The second-order valence-electron chi connectivity index (χ2n) is 7.19. The first kappa shape index (κ1) is 19.2. The predicted octanol–water partition coefficient (Wildman–Crippen LogP) is 1.40. The highest BCUT2D eigenvalue weighted by Gasteiger charge is 2.53. The Morgan fingerprint density at radius 2 is 1.78 bits per heavy atom. The summed E-state index contributed by atoms with van der Waals surface area (Å²) in [7, 11) is -4.13. The molecule has 27 heavy (non-hydrogen) atoms. The number of nitrogens with one attached hydrogen (secondary N) is 3. The summed E-state index contributed by atoms with van der Waals surface area (Å²) in [6.07, 6.45) is 2.54. The van der Waals surface area contributed by atoms with Gasteiger partial charge in [0.15, 0.2) is 0 Å². The van der Waals surface area contributed by atoms with Gasteiger partial charge in [0.05, 0.1) is 4.90 Å². The van der Waals surface area contributed by atoms with Crippen LogP contribution in [0, 0.1) is 12.8 Å². The summed E-state index contributed by atoms with van der Waals surface area (Å²) >= 11 is 0. The van der Waals surface area contributed by atoms with E-state index in [1.165, 1.54) is 12.1 Å². The fraction of sp³-hybridized carbons (Fsp3) is 0.471. The van der Waals surface area contributed by atoms with E-state index in [4.69, 9.17) is 0 Å². The molecule has 1 saturated carbocycles. The van der Waals surface area contributed by atoms with E-state index in [0.29, 0.717) is 23.8 Å². The third kappa shape index (κ3) is 3.75. The quantitative estimate of drug-likeness (QED) is 0.669. The number of carbonyl (C=O) groups is 3. The van der Waals surface area contributed by atoms with Crippen LogP contribution < -0.4 is 15.5 Å². The molecule has 1 saturated heterocycles. The van der Waals surface area contributed by atoms with Crippen molar-refractivity contribution < 1.29 is 22.8 Å². The predicted molar refractivity (Wildman–Crippen MR) is 95.8 cm³/mol. The minimum Gasteiger partial charge on any atom is -0.322 e. The molecule has 1 aromatic rings. The van der Waals surface area contributed by atoms with Crippen molar-refractivity contribution in [3.05, 3.63) is 29.8 Å². The molecule has 0 aromatic heterocycles. The van der Waals surface area contributed by atoms with Crippen molar-refractivity contribution in [2.75, 3.05) is 0 Å². The zero-order valence-electron chi connectivity index (χ0n) is 15.1. The van der Waals surface area contributed by atoms with Crippen molar-refractivity contribution in [2.24, 2.45) is 5.92 Å². The van der Waals surface area contributed by atoms with Gasteiger partial charge in [0.1, 0.15) is 5.54 Å². The molecular formula is C17H22N4O5S. The average Bonchev–Trinajstić information content (AvgIpc) is 2.82. The molecular weight excluding hydrogens is 372 g/mol. The Morgan fingerprint density at radius 3 is 2.37 bits per heavy atom. The molecule has 146 valence electrons. The molecule has 0 atom stereocenters. The van der Waals surface area contributed by atoms with Crippen LogP contribution in [0.15, 0.2) is 29.2 Å². The lowest BCUT2D eigenvalue weighted by molar-refractivity contribution is -0.134. The lowest BCUT2D eigenvalue weighted by Gasteiger charge is -2.33. The highest BCUT2D eigenvalue weighted by Crippen LogP contribution is 2.35. The summed E-state index contributed by atoms with van der Waals surface area (Å²) in [5.74, 6) is -0.104. The first-order chi connectivity index (χ1) is 12.6. The summed E-state index contributed by atoms with van der Waals surface area (Å²) in [6.45, 7) is 3.88. The standard InChI is InChI=1S/C17H22N4O5S/c1-11-3-5-13(6-4-11)27(25,26)20-15(23)19-21-14(22)17(18-16(21)24)9-7-12(2)8-10-17/h3-6,12H,7-10H2,1-2H3,(H,18,24)(H2,19,20,23). The summed E-state index contributed by atoms with van der Waals surface area (Å²) in [6, 6.07) is 3.96. The maximum Gasteiger partial charge on any atom is 0.348 e. The Balaban J connectivity index is 1.68. The van der Waals surface area contributed by atoms with Crippen LogP contribution in [0.3, 0.4) is 0 Å². The molecule has 0 radical (unpaired) electrons. The van der Waals surface area contributed by atoms with E-state index in [9.17, 15) is 22.8 Å². The third-order valence-corrected chi connectivity index (χ3v) is 6.41. The molecule has 1 heterocycles. The van der Waals surface area contributed by atoms with Crippen molar-refractivity contribution in [2.45, 2.75) is 50.0 Å². The monoisotopic (exact) mass is 394 g/mol. The van der Waals surface area contributed by atoms with Gasteiger partial charge in [-0.15, -0.1) is 0 Å². The first-order valence-corrected chi connectivity index (χ1v) is 10.2. The average molecular weight is 394 g/mol. The number of carbonyl (C=O) groups excluding carboxylic acids is 3. The van der Waals surface area contributed by atoms with E-state index in [0.717, 1.165) is 18.4 Å². The Bertz CT molecular complexity index is 873. The van der Waals surface area contributed by atoms with Crippen LogP contribution in [0.4, 0.5) is 9.59 Å². The van der Waals surface area contributed by atoms with Gasteiger partial charge < -0.3 is 5.32 Å². The Hall–Kier alpha value is -2.62. The Labute approximate surface area is 157 Å². The number of amides is 5. The maximum absolute atomic E-state index is 12.7. The molecule has 3 rings (SSSR count). The van der Waals surface area contributed by atoms with Crippen molar-refractivity contribution in [3.63, 3.8) is 0 Å². The molecule has 5 amide bonds. The zero-order valence-corrected chi connectivity index (χ0v) is 15.9. The smallest absolute Gasteiger partial charge is 0.322 e. The largest absolute Gasteiger partial charge is 0.348 e. The number of hydrazine groups is 1. The van der Waals surface area contributed by atoms with Gasteiger partial charge in [-0.2, -0.15) is 5.01 Å². The topological polar surface area (TPSA) is 125 Å².